The van der Waals surface area contributed by atoms with E-state index in [9.17, 15) is 4.79 Å². The highest BCUT2D eigenvalue weighted by Gasteiger charge is 2.46. The summed E-state index contributed by atoms with van der Waals surface area (Å²) >= 11 is 0. The number of pyridine rings is 1. The van der Waals surface area contributed by atoms with Crippen molar-refractivity contribution >= 4 is 16.8 Å². The lowest BCUT2D eigenvalue weighted by Gasteiger charge is -2.50. The highest BCUT2D eigenvalue weighted by atomic mass is 16.2. The predicted octanol–water partition coefficient (Wildman–Crippen LogP) is 4.73. The maximum atomic E-state index is 12.2. The highest BCUT2D eigenvalue weighted by molar-refractivity contribution is 5.82. The van der Waals surface area contributed by atoms with E-state index < -0.39 is 0 Å². The third-order valence-corrected chi connectivity index (χ3v) is 6.76. The second-order valence-electron chi connectivity index (χ2n) is 8.24. The van der Waals surface area contributed by atoms with Gasteiger partial charge in [0.25, 0.3) is 0 Å². The van der Waals surface area contributed by atoms with Crippen LogP contribution in [0.2, 0.25) is 0 Å². The number of benzene rings is 2. The van der Waals surface area contributed by atoms with E-state index in [0.29, 0.717) is 12.5 Å². The number of nitrogens with zero attached hydrogens (tertiary/aromatic N) is 2. The van der Waals surface area contributed by atoms with Crippen molar-refractivity contribution in [3.05, 3.63) is 65.7 Å². The topological polar surface area (TPSA) is 33.2 Å². The lowest BCUT2D eigenvalue weighted by molar-refractivity contribution is -0.138. The van der Waals surface area contributed by atoms with Crippen LogP contribution >= 0.6 is 0 Å². The van der Waals surface area contributed by atoms with Crippen LogP contribution in [0.1, 0.15) is 37.3 Å². The minimum Gasteiger partial charge on any atom is -0.342 e. The molecule has 1 aliphatic carbocycles. The summed E-state index contributed by atoms with van der Waals surface area (Å²) in [5.74, 6) is 0.290. The van der Waals surface area contributed by atoms with Gasteiger partial charge in [-0.1, -0.05) is 43.3 Å². The summed E-state index contributed by atoms with van der Waals surface area (Å²) in [5, 5.41) is 1.17. The van der Waals surface area contributed by atoms with Gasteiger partial charge in [-0.25, -0.2) is 4.98 Å². The molecular formula is C24H24N2O. The molecule has 0 spiro atoms. The molecule has 27 heavy (non-hydrogen) atoms. The molecule has 1 aromatic heterocycles. The molecule has 1 aliphatic heterocycles. The molecule has 0 radical (unpaired) electrons. The summed E-state index contributed by atoms with van der Waals surface area (Å²) in [4.78, 5) is 19.0. The number of aryl methyl sites for hydroxylation is 1. The van der Waals surface area contributed by atoms with Crippen LogP contribution in [0.5, 0.6) is 0 Å². The standard InChI is InChI=1S/C24H24N2O/c1-24-14-13-23(27)26(2)22(24)12-9-17-15-18(7-10-19(17)24)21-11-8-16-5-3-4-6-20(16)25-21/h3-8,10-11,15,22H,9,12-14H2,1-2H3/t22-,24-/m1/s1. The monoisotopic (exact) mass is 356 g/mol. The molecule has 2 heterocycles. The average molecular weight is 356 g/mol. The van der Waals surface area contributed by atoms with E-state index in [1.54, 1.807) is 0 Å². The van der Waals surface area contributed by atoms with Gasteiger partial charge < -0.3 is 4.90 Å². The lowest BCUT2D eigenvalue weighted by Crippen LogP contribution is -2.56. The largest absolute Gasteiger partial charge is 0.342 e. The van der Waals surface area contributed by atoms with Crippen LogP contribution in [0.3, 0.4) is 0 Å². The first kappa shape index (κ1) is 16.5. The Morgan fingerprint density at radius 1 is 1.07 bits per heavy atom. The number of likely N-dealkylation sites (N-methyl/N-ethyl adjacent to an activating group) is 1. The molecule has 0 bridgehead atoms. The zero-order valence-electron chi connectivity index (χ0n) is 15.9. The fraction of sp³-hybridized carbons (Fsp3) is 0.333. The molecule has 2 aliphatic rings. The van der Waals surface area contributed by atoms with Crippen molar-refractivity contribution in [2.75, 3.05) is 7.05 Å². The van der Waals surface area contributed by atoms with Gasteiger partial charge in [-0.05, 0) is 48.6 Å². The minimum atomic E-state index is 0.0611. The Bertz CT molecular complexity index is 1060. The highest BCUT2D eigenvalue weighted by Crippen LogP contribution is 2.46. The van der Waals surface area contributed by atoms with Gasteiger partial charge in [0, 0.05) is 35.9 Å². The van der Waals surface area contributed by atoms with Gasteiger partial charge in [-0.2, -0.15) is 0 Å². The molecule has 5 rings (SSSR count). The number of aromatic nitrogens is 1. The van der Waals surface area contributed by atoms with E-state index in [1.165, 1.54) is 22.1 Å². The molecule has 0 unspecified atom stereocenters. The molecule has 3 nitrogen and oxygen atoms in total. The SMILES string of the molecule is CN1C(=O)CC[C@]2(C)c3ccc(-c4ccc5ccccc5n4)cc3CC[C@@H]12. The Balaban J connectivity index is 1.56. The summed E-state index contributed by atoms with van der Waals surface area (Å²) in [6.07, 6.45) is 3.66. The minimum absolute atomic E-state index is 0.0611. The van der Waals surface area contributed by atoms with E-state index >= 15 is 0 Å². The summed E-state index contributed by atoms with van der Waals surface area (Å²) < 4.78 is 0. The fourth-order valence-electron chi connectivity index (χ4n) is 5.17. The van der Waals surface area contributed by atoms with Crippen molar-refractivity contribution in [1.82, 2.24) is 9.88 Å². The summed E-state index contributed by atoms with van der Waals surface area (Å²) in [6.45, 7) is 2.34. The molecule has 0 N–H and O–H groups in total. The third-order valence-electron chi connectivity index (χ3n) is 6.76. The van der Waals surface area contributed by atoms with E-state index in [0.717, 1.165) is 30.5 Å². The summed E-state index contributed by atoms with van der Waals surface area (Å²) in [7, 11) is 1.97. The number of amides is 1. The molecule has 3 aromatic rings. The first-order chi connectivity index (χ1) is 13.1. The third kappa shape index (κ3) is 2.48. The van der Waals surface area contributed by atoms with Gasteiger partial charge in [-0.3, -0.25) is 4.79 Å². The van der Waals surface area contributed by atoms with Crippen LogP contribution in [0, 0.1) is 0 Å². The van der Waals surface area contributed by atoms with E-state index in [-0.39, 0.29) is 11.3 Å². The van der Waals surface area contributed by atoms with Crippen LogP contribution in [-0.2, 0) is 16.6 Å². The predicted molar refractivity (Wildman–Crippen MR) is 109 cm³/mol. The van der Waals surface area contributed by atoms with Crippen LogP contribution in [0.4, 0.5) is 0 Å². The Hall–Kier alpha value is -2.68. The fourth-order valence-corrected chi connectivity index (χ4v) is 5.17. The van der Waals surface area contributed by atoms with E-state index in [1.807, 2.05) is 24.1 Å². The molecule has 0 saturated carbocycles. The molecule has 1 fully saturated rings. The summed E-state index contributed by atoms with van der Waals surface area (Å²) in [6, 6.07) is 19.6. The maximum Gasteiger partial charge on any atom is 0.222 e. The first-order valence-corrected chi connectivity index (χ1v) is 9.81. The molecule has 2 aromatic carbocycles. The van der Waals surface area contributed by atoms with Gasteiger partial charge in [0.1, 0.15) is 0 Å². The average Bonchev–Trinajstić information content (AvgIpc) is 2.70. The number of hydrogen-bond donors (Lipinski definition) is 0. The Labute approximate surface area is 160 Å². The molecule has 1 saturated heterocycles. The van der Waals surface area contributed by atoms with Crippen LogP contribution < -0.4 is 0 Å². The van der Waals surface area contributed by atoms with Gasteiger partial charge >= 0.3 is 0 Å². The Morgan fingerprint density at radius 3 is 2.81 bits per heavy atom. The zero-order valence-corrected chi connectivity index (χ0v) is 15.9. The van der Waals surface area contributed by atoms with Crippen LogP contribution in [0.25, 0.3) is 22.2 Å². The molecule has 136 valence electrons. The number of rotatable bonds is 1. The number of hydrogen-bond acceptors (Lipinski definition) is 2. The Kier molecular flexibility index (Phi) is 3.61. The van der Waals surface area contributed by atoms with Crippen molar-refractivity contribution in [1.29, 1.82) is 0 Å². The van der Waals surface area contributed by atoms with Gasteiger partial charge in [-0.15, -0.1) is 0 Å². The second-order valence-corrected chi connectivity index (χ2v) is 8.24. The normalized spacial score (nSPS) is 24.6. The molecule has 1 amide bonds. The molecule has 3 heteroatoms. The number of piperidine rings is 1. The van der Waals surface area contributed by atoms with E-state index in [4.69, 9.17) is 4.98 Å². The quantitative estimate of drug-likeness (QED) is 0.632. The van der Waals surface area contributed by atoms with Crippen molar-refractivity contribution < 1.29 is 4.79 Å². The smallest absolute Gasteiger partial charge is 0.222 e. The van der Waals surface area contributed by atoms with E-state index in [2.05, 4.69) is 49.4 Å². The van der Waals surface area contributed by atoms with Gasteiger partial charge in [0.15, 0.2) is 0 Å². The number of fused-ring (bicyclic) bond motifs is 4. The van der Waals surface area contributed by atoms with Crippen molar-refractivity contribution in [2.24, 2.45) is 0 Å². The zero-order chi connectivity index (χ0) is 18.6. The maximum absolute atomic E-state index is 12.2. The molecule has 2 atom stereocenters. The van der Waals surface area contributed by atoms with Crippen LogP contribution in [-0.4, -0.2) is 28.9 Å². The van der Waals surface area contributed by atoms with Gasteiger partial charge in [0.2, 0.25) is 5.91 Å². The van der Waals surface area contributed by atoms with Crippen molar-refractivity contribution in [3.63, 3.8) is 0 Å². The van der Waals surface area contributed by atoms with Crippen molar-refractivity contribution in [3.8, 4) is 11.3 Å². The molecular weight excluding hydrogens is 332 g/mol. The number of carbonyl (C=O) groups excluding carboxylic acids is 1. The van der Waals surface area contributed by atoms with Gasteiger partial charge in [0.05, 0.1) is 11.2 Å². The second kappa shape index (κ2) is 5.91. The number of likely N-dealkylation sites (tertiary alicyclic amines) is 1. The lowest BCUT2D eigenvalue weighted by atomic mass is 9.63. The van der Waals surface area contributed by atoms with Crippen molar-refractivity contribution in [2.45, 2.75) is 44.1 Å². The Morgan fingerprint density at radius 2 is 1.93 bits per heavy atom. The number of para-hydroxylation sites is 1. The first-order valence-electron chi connectivity index (χ1n) is 9.81. The van der Waals surface area contributed by atoms with Crippen LogP contribution in [0.15, 0.2) is 54.6 Å². The summed E-state index contributed by atoms with van der Waals surface area (Å²) in [5.41, 5.74) is 6.14. The number of carbonyl (C=O) groups is 1.